The Kier molecular flexibility index (Phi) is 4.34. The number of benzene rings is 1. The van der Waals surface area contributed by atoms with Crippen LogP contribution in [0.1, 0.15) is 5.69 Å². The van der Waals surface area contributed by atoms with E-state index in [0.717, 1.165) is 32.7 Å². The topological polar surface area (TPSA) is 37.8 Å². The van der Waals surface area contributed by atoms with E-state index in [1.165, 1.54) is 23.5 Å². The molecule has 0 aliphatic carbocycles. The van der Waals surface area contributed by atoms with Gasteiger partial charge in [-0.25, -0.2) is 9.37 Å². The second-order valence-corrected chi connectivity index (χ2v) is 6.75. The smallest absolute Gasteiger partial charge is 0.132 e. The van der Waals surface area contributed by atoms with E-state index in [1.54, 1.807) is 18.3 Å². The van der Waals surface area contributed by atoms with Gasteiger partial charge in [0.1, 0.15) is 15.8 Å². The van der Waals surface area contributed by atoms with Crippen molar-refractivity contribution in [3.05, 3.63) is 76.8 Å². The number of anilines is 1. The molecule has 0 atom stereocenters. The van der Waals surface area contributed by atoms with E-state index in [0.29, 0.717) is 11.7 Å². The van der Waals surface area contributed by atoms with Crippen molar-refractivity contribution in [2.75, 3.05) is 5.32 Å². The third-order valence-corrected chi connectivity index (χ3v) is 4.92. The maximum absolute atomic E-state index is 13.2. The lowest BCUT2D eigenvalue weighted by Gasteiger charge is -2.10. The average Bonchev–Trinajstić information content (AvgIpc) is 3.05. The van der Waals surface area contributed by atoms with Gasteiger partial charge in [-0.05, 0) is 35.9 Å². The zero-order valence-corrected chi connectivity index (χ0v) is 14.6. The van der Waals surface area contributed by atoms with Crippen LogP contribution >= 0.6 is 22.9 Å². The molecule has 0 saturated heterocycles. The van der Waals surface area contributed by atoms with E-state index < -0.39 is 0 Å². The molecule has 0 aliphatic rings. The van der Waals surface area contributed by atoms with Crippen molar-refractivity contribution in [3.63, 3.8) is 0 Å². The van der Waals surface area contributed by atoms with E-state index in [4.69, 9.17) is 11.6 Å². The Balaban J connectivity index is 1.77. The van der Waals surface area contributed by atoms with E-state index in [1.807, 2.05) is 29.6 Å². The number of nitrogens with one attached hydrogen (secondary N) is 1. The van der Waals surface area contributed by atoms with Crippen LogP contribution in [-0.4, -0.2) is 9.97 Å². The number of hydrogen-bond acceptors (Lipinski definition) is 4. The molecule has 1 aromatic carbocycles. The zero-order valence-electron chi connectivity index (χ0n) is 13.0. The minimum absolute atomic E-state index is 0.252. The summed E-state index contributed by atoms with van der Waals surface area (Å²) >= 11 is 7.69. The normalized spacial score (nSPS) is 11.0. The molecular formula is C19H13ClFN3S. The Morgan fingerprint density at radius 2 is 1.96 bits per heavy atom. The number of halogens is 2. The monoisotopic (exact) mass is 369 g/mol. The van der Waals surface area contributed by atoms with Crippen molar-refractivity contribution in [1.82, 2.24) is 9.97 Å². The second kappa shape index (κ2) is 6.78. The van der Waals surface area contributed by atoms with Crippen molar-refractivity contribution in [3.8, 4) is 11.1 Å². The first-order chi connectivity index (χ1) is 12.2. The Morgan fingerprint density at radius 3 is 2.72 bits per heavy atom. The summed E-state index contributed by atoms with van der Waals surface area (Å²) in [6.07, 6.45) is 1.76. The molecule has 3 nitrogen and oxygen atoms in total. The van der Waals surface area contributed by atoms with E-state index >= 15 is 0 Å². The molecule has 6 heteroatoms. The van der Waals surface area contributed by atoms with Crippen LogP contribution in [0.5, 0.6) is 0 Å². The number of rotatable bonds is 4. The van der Waals surface area contributed by atoms with Gasteiger partial charge in [0.25, 0.3) is 0 Å². The van der Waals surface area contributed by atoms with Gasteiger partial charge in [-0.1, -0.05) is 29.8 Å². The highest BCUT2D eigenvalue weighted by molar-refractivity contribution is 7.17. The lowest BCUT2D eigenvalue weighted by atomic mass is 10.0. The van der Waals surface area contributed by atoms with Crippen LogP contribution in [0.3, 0.4) is 0 Å². The van der Waals surface area contributed by atoms with Crippen LogP contribution in [0.15, 0.2) is 60.1 Å². The fourth-order valence-electron chi connectivity index (χ4n) is 2.68. The zero-order chi connectivity index (χ0) is 17.2. The largest absolute Gasteiger partial charge is 0.379 e. The van der Waals surface area contributed by atoms with Crippen LogP contribution < -0.4 is 5.32 Å². The van der Waals surface area contributed by atoms with E-state index in [9.17, 15) is 4.39 Å². The number of thiophene rings is 1. The Hall–Kier alpha value is -2.50. The molecule has 4 aromatic rings. The third kappa shape index (κ3) is 3.34. The van der Waals surface area contributed by atoms with Gasteiger partial charge in [0.2, 0.25) is 0 Å². The summed E-state index contributed by atoms with van der Waals surface area (Å²) in [7, 11) is 0. The summed E-state index contributed by atoms with van der Waals surface area (Å²) < 4.78 is 13.2. The molecule has 0 unspecified atom stereocenters. The van der Waals surface area contributed by atoms with E-state index in [-0.39, 0.29) is 5.82 Å². The summed E-state index contributed by atoms with van der Waals surface area (Å²) in [4.78, 5) is 9.58. The fourth-order valence-corrected chi connectivity index (χ4v) is 3.90. The summed E-state index contributed by atoms with van der Waals surface area (Å²) in [5.74, 6) is -0.252. The fraction of sp³-hybridized carbons (Fsp3) is 0.0526. The number of nitrogens with zero attached hydrogens (tertiary/aromatic N) is 2. The highest BCUT2D eigenvalue weighted by Gasteiger charge is 2.14. The molecule has 0 bridgehead atoms. The highest BCUT2D eigenvalue weighted by atomic mass is 35.5. The summed E-state index contributed by atoms with van der Waals surface area (Å²) in [6.45, 7) is 0.578. The van der Waals surface area contributed by atoms with Gasteiger partial charge in [-0.15, -0.1) is 11.3 Å². The van der Waals surface area contributed by atoms with Crippen molar-refractivity contribution < 1.29 is 4.39 Å². The maximum Gasteiger partial charge on any atom is 0.132 e. The summed E-state index contributed by atoms with van der Waals surface area (Å²) in [5, 5.41) is 6.84. The molecule has 3 heterocycles. The first-order valence-corrected chi connectivity index (χ1v) is 8.94. The van der Waals surface area contributed by atoms with Crippen molar-refractivity contribution in [1.29, 1.82) is 0 Å². The number of pyridine rings is 2. The quantitative estimate of drug-likeness (QED) is 0.464. The molecule has 0 aliphatic heterocycles. The minimum Gasteiger partial charge on any atom is -0.379 e. The van der Waals surface area contributed by atoms with Gasteiger partial charge in [-0.2, -0.15) is 0 Å². The van der Waals surface area contributed by atoms with Gasteiger partial charge in [0.05, 0.1) is 12.2 Å². The summed E-state index contributed by atoms with van der Waals surface area (Å²) in [6, 6.07) is 14.1. The average molecular weight is 370 g/mol. The van der Waals surface area contributed by atoms with Crippen LogP contribution in [0.4, 0.5) is 10.1 Å². The SMILES string of the molecule is Fc1ccc(-c2csc3nc(Cl)cc(NCc4ccccn4)c23)cc1. The van der Waals surface area contributed by atoms with Gasteiger partial charge in [0, 0.05) is 28.2 Å². The number of fused-ring (bicyclic) bond motifs is 1. The molecule has 4 rings (SSSR count). The Labute approximate surface area is 153 Å². The second-order valence-electron chi connectivity index (χ2n) is 5.50. The van der Waals surface area contributed by atoms with Crippen LogP contribution in [0, 0.1) is 5.82 Å². The molecule has 25 heavy (non-hydrogen) atoms. The number of aromatic nitrogens is 2. The summed E-state index contributed by atoms with van der Waals surface area (Å²) in [5.41, 5.74) is 3.77. The van der Waals surface area contributed by atoms with Crippen LogP contribution in [-0.2, 0) is 6.54 Å². The van der Waals surface area contributed by atoms with Crippen LogP contribution in [0.25, 0.3) is 21.3 Å². The number of hydrogen-bond donors (Lipinski definition) is 1. The molecule has 0 amide bonds. The predicted octanol–water partition coefficient (Wildman–Crippen LogP) is 5.76. The maximum atomic E-state index is 13.2. The molecule has 3 aromatic heterocycles. The van der Waals surface area contributed by atoms with Gasteiger partial charge in [-0.3, -0.25) is 4.98 Å². The lowest BCUT2D eigenvalue weighted by Crippen LogP contribution is -2.02. The van der Waals surface area contributed by atoms with E-state index in [2.05, 4.69) is 15.3 Å². The Bertz CT molecular complexity index is 1020. The minimum atomic E-state index is -0.252. The third-order valence-electron chi connectivity index (χ3n) is 3.85. The van der Waals surface area contributed by atoms with Gasteiger partial charge < -0.3 is 5.32 Å². The first kappa shape index (κ1) is 16.0. The standard InChI is InChI=1S/C19H13ClFN3S/c20-17-9-16(23-10-14-3-1-2-8-22-14)18-15(11-25-19(18)24-17)12-4-6-13(21)7-5-12/h1-9,11H,10H2,(H,23,24). The molecule has 1 N–H and O–H groups in total. The predicted molar refractivity (Wildman–Crippen MR) is 102 cm³/mol. The van der Waals surface area contributed by atoms with Crippen molar-refractivity contribution >= 4 is 38.8 Å². The van der Waals surface area contributed by atoms with Gasteiger partial charge >= 0.3 is 0 Å². The molecule has 124 valence electrons. The molecule has 0 spiro atoms. The first-order valence-electron chi connectivity index (χ1n) is 7.68. The molecule has 0 saturated carbocycles. The molecule has 0 radical (unpaired) electrons. The Morgan fingerprint density at radius 1 is 1.12 bits per heavy atom. The lowest BCUT2D eigenvalue weighted by molar-refractivity contribution is 0.628. The molecular weight excluding hydrogens is 357 g/mol. The highest BCUT2D eigenvalue weighted by Crippen LogP contribution is 2.39. The van der Waals surface area contributed by atoms with Crippen molar-refractivity contribution in [2.24, 2.45) is 0 Å². The van der Waals surface area contributed by atoms with Gasteiger partial charge in [0.15, 0.2) is 0 Å². The van der Waals surface area contributed by atoms with Crippen molar-refractivity contribution in [2.45, 2.75) is 6.54 Å². The molecule has 0 fully saturated rings. The van der Waals surface area contributed by atoms with Crippen LogP contribution in [0.2, 0.25) is 5.15 Å².